The van der Waals surface area contributed by atoms with Crippen molar-refractivity contribution in [3.05, 3.63) is 95.3 Å². The van der Waals surface area contributed by atoms with Crippen molar-refractivity contribution in [3.63, 3.8) is 0 Å². The molecule has 10 nitrogen and oxygen atoms in total. The molecule has 1 heterocycles. The molecule has 1 aliphatic heterocycles. The molecule has 2 fully saturated rings. The van der Waals surface area contributed by atoms with E-state index in [1.807, 2.05) is 24.3 Å². The molecule has 1 saturated carbocycles. The number of aliphatic hydroxyl groups excluding tert-OH is 1. The maximum atomic E-state index is 13.7. The number of halogens is 1. The van der Waals surface area contributed by atoms with Crippen LogP contribution in [0.5, 0.6) is 5.75 Å². The summed E-state index contributed by atoms with van der Waals surface area (Å²) in [7, 11) is 0. The fourth-order valence-electron chi connectivity index (χ4n) is 6.70. The summed E-state index contributed by atoms with van der Waals surface area (Å²) in [6.45, 7) is 5.64. The van der Waals surface area contributed by atoms with Gasteiger partial charge in [-0.15, -0.1) is 11.8 Å². The van der Waals surface area contributed by atoms with E-state index in [-0.39, 0.29) is 30.4 Å². The van der Waals surface area contributed by atoms with Crippen molar-refractivity contribution in [2.45, 2.75) is 88.1 Å². The second-order valence-corrected chi connectivity index (χ2v) is 15.8. The van der Waals surface area contributed by atoms with Gasteiger partial charge in [-0.05, 0) is 70.8 Å². The van der Waals surface area contributed by atoms with Crippen molar-refractivity contribution in [3.8, 4) is 5.75 Å². The van der Waals surface area contributed by atoms with E-state index in [0.717, 1.165) is 48.8 Å². The zero-order chi connectivity index (χ0) is 37.4. The summed E-state index contributed by atoms with van der Waals surface area (Å²) in [6.07, 6.45) is 4.79. The standard InChI is InChI=1S/C40H48FN3O7S/c1-40(2,3)28-13-9-26(10-14-28)33(45)24-52-37-36(44(38(37)48)30-17-15-29(41)16-18-30)27-11-19-31(20-12-27)51-23-35(47)42-22-34(46)43-32(39(49)50)21-25-7-5-4-6-8-25/h9-20,25,32-33,36-37,45H,4-8,21-24H2,1-3H3,(H,42,47)(H,43,46)(H,49,50)/t32-,33?,36-,37-/m1/s1. The van der Waals surface area contributed by atoms with Gasteiger partial charge in [0.1, 0.15) is 22.9 Å². The largest absolute Gasteiger partial charge is 0.484 e. The Kier molecular flexibility index (Phi) is 13.0. The van der Waals surface area contributed by atoms with Gasteiger partial charge in [-0.2, -0.15) is 0 Å². The molecule has 2 aliphatic rings. The zero-order valence-electron chi connectivity index (χ0n) is 29.8. The predicted octanol–water partition coefficient (Wildman–Crippen LogP) is 6.08. The Morgan fingerprint density at radius 2 is 1.60 bits per heavy atom. The molecule has 1 saturated heterocycles. The molecule has 1 aliphatic carbocycles. The number of aliphatic carboxylic acids is 1. The lowest BCUT2D eigenvalue weighted by Crippen LogP contribution is -2.57. The third kappa shape index (κ3) is 10.1. The average Bonchev–Trinajstić information content (AvgIpc) is 3.13. The first-order chi connectivity index (χ1) is 24.8. The Balaban J connectivity index is 1.16. The summed E-state index contributed by atoms with van der Waals surface area (Å²) in [5.74, 6) is -1.84. The molecule has 4 N–H and O–H groups in total. The van der Waals surface area contributed by atoms with Crippen molar-refractivity contribution in [1.29, 1.82) is 0 Å². The third-order valence-electron chi connectivity index (χ3n) is 9.71. The Morgan fingerprint density at radius 3 is 2.21 bits per heavy atom. The number of ether oxygens (including phenoxy) is 1. The molecule has 0 bridgehead atoms. The Bertz CT molecular complexity index is 1690. The number of β-lactam (4-membered cyclic amide) rings is 1. The van der Waals surface area contributed by atoms with Crippen LogP contribution >= 0.6 is 11.8 Å². The number of nitrogens with one attached hydrogen (secondary N) is 2. The average molecular weight is 734 g/mol. The van der Waals surface area contributed by atoms with Crippen molar-refractivity contribution in [2.75, 3.05) is 23.8 Å². The van der Waals surface area contributed by atoms with Crippen LogP contribution in [0, 0.1) is 11.7 Å². The zero-order valence-corrected chi connectivity index (χ0v) is 30.7. The number of carbonyl (C=O) groups excluding carboxylic acids is 3. The molecule has 3 amide bonds. The number of aliphatic hydroxyl groups is 1. The number of thioether (sulfide) groups is 1. The fourth-order valence-corrected chi connectivity index (χ4v) is 8.00. The summed E-state index contributed by atoms with van der Waals surface area (Å²) >= 11 is 1.36. The van der Waals surface area contributed by atoms with E-state index in [2.05, 4.69) is 31.4 Å². The van der Waals surface area contributed by atoms with Crippen LogP contribution in [0.15, 0.2) is 72.8 Å². The molecule has 0 radical (unpaired) electrons. The lowest BCUT2D eigenvalue weighted by molar-refractivity contribution is -0.142. The highest BCUT2D eigenvalue weighted by atomic mass is 32.2. The number of carbonyl (C=O) groups is 4. The quantitative estimate of drug-likeness (QED) is 0.138. The van der Waals surface area contributed by atoms with E-state index in [0.29, 0.717) is 23.6 Å². The van der Waals surface area contributed by atoms with Gasteiger partial charge in [0.15, 0.2) is 6.61 Å². The molecule has 0 aromatic heterocycles. The first-order valence-corrected chi connectivity index (χ1v) is 18.9. The van der Waals surface area contributed by atoms with Crippen molar-refractivity contribution < 1.29 is 38.5 Å². The van der Waals surface area contributed by atoms with E-state index in [1.54, 1.807) is 41.3 Å². The maximum Gasteiger partial charge on any atom is 0.326 e. The molecular weight excluding hydrogens is 686 g/mol. The van der Waals surface area contributed by atoms with Crippen LogP contribution < -0.4 is 20.3 Å². The number of amides is 3. The summed E-state index contributed by atoms with van der Waals surface area (Å²) in [5, 5.41) is 25.1. The minimum absolute atomic E-state index is 0.0128. The van der Waals surface area contributed by atoms with Gasteiger partial charge in [-0.3, -0.25) is 14.4 Å². The number of hydrogen-bond donors (Lipinski definition) is 4. The van der Waals surface area contributed by atoms with Crippen LogP contribution in [0.4, 0.5) is 10.1 Å². The molecule has 5 rings (SSSR count). The molecule has 52 heavy (non-hydrogen) atoms. The van der Waals surface area contributed by atoms with Crippen molar-refractivity contribution in [2.24, 2.45) is 5.92 Å². The first kappa shape index (κ1) is 38.8. The smallest absolute Gasteiger partial charge is 0.326 e. The van der Waals surface area contributed by atoms with E-state index in [4.69, 9.17) is 4.74 Å². The highest BCUT2D eigenvalue weighted by Gasteiger charge is 2.49. The van der Waals surface area contributed by atoms with Crippen LogP contribution in [0.25, 0.3) is 0 Å². The number of hydrogen-bond acceptors (Lipinski definition) is 7. The van der Waals surface area contributed by atoms with Crippen molar-refractivity contribution in [1.82, 2.24) is 10.6 Å². The van der Waals surface area contributed by atoms with Crippen LogP contribution in [0.3, 0.4) is 0 Å². The minimum atomic E-state index is -1.09. The van der Waals surface area contributed by atoms with Gasteiger partial charge in [0.2, 0.25) is 11.8 Å². The molecule has 12 heteroatoms. The number of nitrogens with zero attached hydrogens (tertiary/aromatic N) is 1. The number of rotatable bonds is 15. The van der Waals surface area contributed by atoms with Gasteiger partial charge < -0.3 is 30.5 Å². The molecule has 4 atom stereocenters. The second kappa shape index (κ2) is 17.4. The summed E-state index contributed by atoms with van der Waals surface area (Å²) in [4.78, 5) is 51.7. The van der Waals surface area contributed by atoms with Gasteiger partial charge in [-0.1, -0.05) is 89.3 Å². The number of carboxylic acid groups (broad SMARTS) is 1. The summed E-state index contributed by atoms with van der Waals surface area (Å²) < 4.78 is 19.4. The van der Waals surface area contributed by atoms with Gasteiger partial charge in [-0.25, -0.2) is 9.18 Å². The molecular formula is C40H48FN3O7S. The number of anilines is 1. The minimum Gasteiger partial charge on any atom is -0.484 e. The number of carboxylic acids is 1. The van der Waals surface area contributed by atoms with Gasteiger partial charge >= 0.3 is 5.97 Å². The van der Waals surface area contributed by atoms with Gasteiger partial charge in [0.25, 0.3) is 5.91 Å². The maximum absolute atomic E-state index is 13.7. The SMILES string of the molecule is CC(C)(C)c1ccc(C(O)CS[C@H]2C(=O)N(c3ccc(F)cc3)[C@@H]2c2ccc(OCC(=O)NCC(=O)N[C@H](CC3CCCCC3)C(=O)O)cc2)cc1. The molecule has 0 spiro atoms. The van der Waals surface area contributed by atoms with Crippen LogP contribution in [-0.2, 0) is 24.6 Å². The van der Waals surface area contributed by atoms with E-state index in [1.165, 1.54) is 23.9 Å². The predicted molar refractivity (Wildman–Crippen MR) is 199 cm³/mol. The van der Waals surface area contributed by atoms with Crippen LogP contribution in [0.1, 0.15) is 88.1 Å². The first-order valence-electron chi connectivity index (χ1n) is 17.8. The highest BCUT2D eigenvalue weighted by molar-refractivity contribution is 8.00. The molecule has 3 aromatic rings. The monoisotopic (exact) mass is 733 g/mol. The topological polar surface area (TPSA) is 145 Å². The van der Waals surface area contributed by atoms with Crippen LogP contribution in [0.2, 0.25) is 0 Å². The normalized spacial score (nSPS) is 18.9. The van der Waals surface area contributed by atoms with E-state index >= 15 is 0 Å². The Hall–Kier alpha value is -4.42. The van der Waals surface area contributed by atoms with Crippen molar-refractivity contribution >= 4 is 41.1 Å². The third-order valence-corrected chi connectivity index (χ3v) is 11.0. The van der Waals surface area contributed by atoms with Gasteiger partial charge in [0, 0.05) is 11.4 Å². The lowest BCUT2D eigenvalue weighted by Gasteiger charge is -2.47. The fraction of sp³-hybridized carbons (Fsp3) is 0.450. The molecule has 3 aromatic carbocycles. The van der Waals surface area contributed by atoms with Crippen LogP contribution in [-0.4, -0.2) is 64.1 Å². The molecule has 1 unspecified atom stereocenters. The second-order valence-electron chi connectivity index (χ2n) is 14.6. The molecule has 278 valence electrons. The lowest BCUT2D eigenvalue weighted by atomic mass is 9.85. The van der Waals surface area contributed by atoms with E-state index < -0.39 is 47.0 Å². The van der Waals surface area contributed by atoms with E-state index in [9.17, 15) is 33.8 Å². The van der Waals surface area contributed by atoms with Gasteiger partial charge in [0.05, 0.1) is 18.7 Å². The Labute approximate surface area is 308 Å². The Morgan fingerprint density at radius 1 is 0.942 bits per heavy atom. The summed E-state index contributed by atoms with van der Waals surface area (Å²) in [6, 6.07) is 19.1. The summed E-state index contributed by atoms with van der Waals surface area (Å²) in [5.41, 5.74) is 3.26. The number of benzene rings is 3. The highest BCUT2D eigenvalue weighted by Crippen LogP contribution is 2.46.